The van der Waals surface area contributed by atoms with E-state index in [-0.39, 0.29) is 18.0 Å². The molecule has 0 aliphatic heterocycles. The molecule has 0 amide bonds. The minimum atomic E-state index is -0.819. The molecule has 0 aliphatic carbocycles. The van der Waals surface area contributed by atoms with Gasteiger partial charge in [0.2, 0.25) is 0 Å². The lowest BCUT2D eigenvalue weighted by atomic mass is 10.1. The first-order valence-corrected chi connectivity index (χ1v) is 4.79. The summed E-state index contributed by atoms with van der Waals surface area (Å²) in [7, 11) is 0. The number of anilines is 1. The van der Waals surface area contributed by atoms with Gasteiger partial charge >= 0.3 is 5.97 Å². The Balaban J connectivity index is 2.43. The first-order valence-electron chi connectivity index (χ1n) is 4.79. The minimum absolute atomic E-state index is 0.00921. The summed E-state index contributed by atoms with van der Waals surface area (Å²) in [5, 5.41) is 20.0. The van der Waals surface area contributed by atoms with E-state index in [0.717, 1.165) is 0 Å². The quantitative estimate of drug-likeness (QED) is 0.763. The monoisotopic (exact) mass is 220 g/mol. The van der Waals surface area contributed by atoms with Crippen LogP contribution in [-0.4, -0.2) is 27.6 Å². The molecule has 1 unspecified atom stereocenters. The van der Waals surface area contributed by atoms with Crippen molar-refractivity contribution in [3.05, 3.63) is 18.1 Å². The Hall–Kier alpha value is -2.16. The summed E-state index contributed by atoms with van der Waals surface area (Å²) in [6.07, 6.45) is 2.92. The average Bonchev–Trinajstić information content (AvgIpc) is 2.26. The van der Waals surface area contributed by atoms with Crippen LogP contribution in [-0.2, 0) is 4.79 Å². The molecule has 16 heavy (non-hydrogen) atoms. The van der Waals surface area contributed by atoms with Crippen molar-refractivity contribution in [1.29, 1.82) is 5.26 Å². The van der Waals surface area contributed by atoms with Crippen molar-refractivity contribution in [2.75, 3.05) is 11.9 Å². The van der Waals surface area contributed by atoms with Crippen LogP contribution in [0.3, 0.4) is 0 Å². The summed E-state index contributed by atoms with van der Waals surface area (Å²) in [5.41, 5.74) is 0.254. The summed E-state index contributed by atoms with van der Waals surface area (Å²) in [5.74, 6) is -0.272. The predicted molar refractivity (Wildman–Crippen MR) is 56.7 cm³/mol. The van der Waals surface area contributed by atoms with Crippen LogP contribution in [0.2, 0.25) is 0 Å². The van der Waals surface area contributed by atoms with E-state index in [1.54, 1.807) is 0 Å². The molecule has 0 saturated carbocycles. The topological polar surface area (TPSA) is 98.9 Å². The van der Waals surface area contributed by atoms with E-state index >= 15 is 0 Å². The maximum Gasteiger partial charge on any atom is 0.303 e. The number of nitrogens with zero attached hydrogens (tertiary/aromatic N) is 3. The zero-order chi connectivity index (χ0) is 12.0. The molecule has 1 aromatic rings. The first-order chi connectivity index (χ1) is 7.61. The number of aliphatic carboxylic acids is 1. The first kappa shape index (κ1) is 11.9. The smallest absolute Gasteiger partial charge is 0.303 e. The number of carboxylic acids is 1. The van der Waals surface area contributed by atoms with Gasteiger partial charge in [0.1, 0.15) is 11.9 Å². The van der Waals surface area contributed by atoms with Crippen LogP contribution in [0.1, 0.15) is 19.0 Å². The molecule has 6 heteroatoms. The van der Waals surface area contributed by atoms with E-state index in [2.05, 4.69) is 15.3 Å². The molecule has 1 aromatic heterocycles. The molecule has 0 spiro atoms. The maximum absolute atomic E-state index is 10.4. The Kier molecular flexibility index (Phi) is 4.21. The third-order valence-corrected chi connectivity index (χ3v) is 1.92. The fraction of sp³-hybridized carbons (Fsp3) is 0.400. The number of carboxylic acid groups (broad SMARTS) is 1. The van der Waals surface area contributed by atoms with Crippen LogP contribution >= 0.6 is 0 Å². The number of rotatable bonds is 5. The fourth-order valence-corrected chi connectivity index (χ4v) is 1.13. The number of carbonyl (C=O) groups is 1. The predicted octanol–water partition coefficient (Wildman–Crippen LogP) is 0.871. The van der Waals surface area contributed by atoms with Gasteiger partial charge in [-0.25, -0.2) is 9.97 Å². The molecule has 1 rings (SSSR count). The molecular formula is C10H12N4O2. The molecule has 1 atom stereocenters. The highest BCUT2D eigenvalue weighted by Crippen LogP contribution is 2.05. The van der Waals surface area contributed by atoms with Crippen LogP contribution in [0.25, 0.3) is 0 Å². The normalized spacial score (nSPS) is 11.5. The minimum Gasteiger partial charge on any atom is -0.481 e. The van der Waals surface area contributed by atoms with Gasteiger partial charge in [-0.15, -0.1) is 0 Å². The zero-order valence-corrected chi connectivity index (χ0v) is 8.84. The van der Waals surface area contributed by atoms with Crippen LogP contribution < -0.4 is 5.32 Å². The lowest BCUT2D eigenvalue weighted by molar-refractivity contribution is -0.137. The second kappa shape index (κ2) is 5.66. The summed E-state index contributed by atoms with van der Waals surface area (Å²) in [6.45, 7) is 2.34. The highest BCUT2D eigenvalue weighted by molar-refractivity contribution is 5.67. The van der Waals surface area contributed by atoms with Crippen LogP contribution in [0.5, 0.6) is 0 Å². The molecule has 6 nitrogen and oxygen atoms in total. The number of aromatic nitrogens is 2. The molecular weight excluding hydrogens is 208 g/mol. The molecule has 2 N–H and O–H groups in total. The van der Waals surface area contributed by atoms with E-state index in [9.17, 15) is 4.79 Å². The highest BCUT2D eigenvalue weighted by atomic mass is 16.4. The van der Waals surface area contributed by atoms with E-state index in [1.165, 1.54) is 12.4 Å². The van der Waals surface area contributed by atoms with Gasteiger partial charge < -0.3 is 10.4 Å². The summed E-state index contributed by atoms with van der Waals surface area (Å²) in [4.78, 5) is 18.2. The third-order valence-electron chi connectivity index (χ3n) is 1.92. The fourth-order valence-electron chi connectivity index (χ4n) is 1.13. The Morgan fingerprint density at radius 2 is 2.38 bits per heavy atom. The Morgan fingerprint density at radius 3 is 2.88 bits per heavy atom. The Bertz CT molecular complexity index is 396. The van der Waals surface area contributed by atoms with Gasteiger partial charge in [-0.05, 0) is 5.92 Å². The zero-order valence-electron chi connectivity index (χ0n) is 8.84. The molecule has 84 valence electrons. The van der Waals surface area contributed by atoms with Crippen molar-refractivity contribution in [2.45, 2.75) is 13.3 Å². The summed E-state index contributed by atoms with van der Waals surface area (Å²) >= 11 is 0. The number of hydrogen-bond donors (Lipinski definition) is 2. The Morgan fingerprint density at radius 1 is 1.62 bits per heavy atom. The van der Waals surface area contributed by atoms with Gasteiger partial charge in [-0.1, -0.05) is 6.92 Å². The SMILES string of the molecule is CC(CNc1cnc(C#N)cn1)CC(=O)O. The van der Waals surface area contributed by atoms with Crippen molar-refractivity contribution < 1.29 is 9.90 Å². The van der Waals surface area contributed by atoms with Gasteiger partial charge in [0, 0.05) is 13.0 Å². The van der Waals surface area contributed by atoms with Gasteiger partial charge in [0.05, 0.1) is 12.4 Å². The van der Waals surface area contributed by atoms with Crippen LogP contribution in [0, 0.1) is 17.2 Å². The number of nitrogens with one attached hydrogen (secondary N) is 1. The standard InChI is InChI=1S/C10H12N4O2/c1-7(2-10(15)16)4-13-9-6-12-8(3-11)5-14-9/h5-7H,2,4H2,1H3,(H,13,14)(H,15,16). The van der Waals surface area contributed by atoms with Crippen molar-refractivity contribution in [3.63, 3.8) is 0 Å². The summed E-state index contributed by atoms with van der Waals surface area (Å²) < 4.78 is 0. The van der Waals surface area contributed by atoms with Crippen LogP contribution in [0.15, 0.2) is 12.4 Å². The molecule has 0 bridgehead atoms. The van der Waals surface area contributed by atoms with Crippen molar-refractivity contribution in [1.82, 2.24) is 9.97 Å². The molecule has 0 aromatic carbocycles. The number of hydrogen-bond acceptors (Lipinski definition) is 5. The lowest BCUT2D eigenvalue weighted by Crippen LogP contribution is -2.15. The third kappa shape index (κ3) is 3.92. The molecule has 0 aliphatic rings. The van der Waals surface area contributed by atoms with E-state index in [4.69, 9.17) is 10.4 Å². The van der Waals surface area contributed by atoms with E-state index < -0.39 is 5.97 Å². The molecule has 0 fully saturated rings. The number of nitriles is 1. The second-order valence-corrected chi connectivity index (χ2v) is 3.48. The van der Waals surface area contributed by atoms with E-state index in [1.807, 2.05) is 13.0 Å². The largest absolute Gasteiger partial charge is 0.481 e. The van der Waals surface area contributed by atoms with E-state index in [0.29, 0.717) is 12.4 Å². The maximum atomic E-state index is 10.4. The van der Waals surface area contributed by atoms with Crippen molar-refractivity contribution in [2.24, 2.45) is 5.92 Å². The molecule has 0 saturated heterocycles. The van der Waals surface area contributed by atoms with Gasteiger partial charge in [-0.2, -0.15) is 5.26 Å². The van der Waals surface area contributed by atoms with Gasteiger partial charge in [0.25, 0.3) is 0 Å². The molecule has 1 heterocycles. The van der Waals surface area contributed by atoms with Gasteiger partial charge in [0.15, 0.2) is 5.69 Å². The van der Waals surface area contributed by atoms with Crippen molar-refractivity contribution >= 4 is 11.8 Å². The van der Waals surface area contributed by atoms with Crippen LogP contribution in [0.4, 0.5) is 5.82 Å². The summed E-state index contributed by atoms with van der Waals surface area (Å²) in [6, 6.07) is 1.87. The van der Waals surface area contributed by atoms with Gasteiger partial charge in [-0.3, -0.25) is 4.79 Å². The average molecular weight is 220 g/mol. The highest BCUT2D eigenvalue weighted by Gasteiger charge is 2.07. The Labute approximate surface area is 93.0 Å². The molecule has 0 radical (unpaired) electrons. The van der Waals surface area contributed by atoms with Crippen molar-refractivity contribution in [3.8, 4) is 6.07 Å². The second-order valence-electron chi connectivity index (χ2n) is 3.48. The lowest BCUT2D eigenvalue weighted by Gasteiger charge is -2.10.